The first-order valence-corrected chi connectivity index (χ1v) is 5.92. The molecule has 2 rings (SSSR count). The third-order valence-electron chi connectivity index (χ3n) is 2.52. The number of rotatable bonds is 3. The van der Waals surface area contributed by atoms with Crippen molar-refractivity contribution in [1.29, 1.82) is 0 Å². The van der Waals surface area contributed by atoms with Crippen LogP contribution in [0.4, 0.5) is 0 Å². The van der Waals surface area contributed by atoms with Crippen LogP contribution < -0.4 is 0 Å². The normalized spacial score (nSPS) is 12.7. The van der Waals surface area contributed by atoms with E-state index in [1.165, 1.54) is 5.56 Å². The van der Waals surface area contributed by atoms with Crippen LogP contribution in [-0.4, -0.2) is 5.11 Å². The maximum atomic E-state index is 10.0. The Labute approximate surface area is 103 Å². The fourth-order valence-electron chi connectivity index (χ4n) is 1.72. The molecule has 0 saturated carbocycles. The van der Waals surface area contributed by atoms with Crippen molar-refractivity contribution in [2.24, 2.45) is 0 Å². The molecule has 0 aliphatic rings. The van der Waals surface area contributed by atoms with Gasteiger partial charge in [0.05, 0.1) is 12.4 Å². The lowest BCUT2D eigenvalue weighted by molar-refractivity contribution is 0.176. The summed E-state index contributed by atoms with van der Waals surface area (Å²) >= 11 is 3.27. The summed E-state index contributed by atoms with van der Waals surface area (Å²) in [5.41, 5.74) is 3.12. The van der Waals surface area contributed by atoms with Crippen molar-refractivity contribution in [1.82, 2.24) is 0 Å². The molecule has 0 aliphatic carbocycles. The molecule has 1 N–H and O–H groups in total. The quantitative estimate of drug-likeness (QED) is 0.932. The van der Waals surface area contributed by atoms with E-state index in [1.54, 1.807) is 12.3 Å². The molecule has 0 spiro atoms. The molecule has 0 bridgehead atoms. The second kappa shape index (κ2) is 4.85. The van der Waals surface area contributed by atoms with Crippen LogP contribution in [0.25, 0.3) is 0 Å². The van der Waals surface area contributed by atoms with E-state index in [4.69, 9.17) is 4.42 Å². The molecule has 0 radical (unpaired) electrons. The molecule has 84 valence electrons. The largest absolute Gasteiger partial charge is 0.457 e. The molecular formula is C13H13BrO2. The van der Waals surface area contributed by atoms with Gasteiger partial charge in [-0.15, -0.1) is 0 Å². The van der Waals surface area contributed by atoms with Gasteiger partial charge in [-0.3, -0.25) is 0 Å². The third-order valence-corrected chi connectivity index (χ3v) is 3.16. The summed E-state index contributed by atoms with van der Waals surface area (Å²) in [5.74, 6) is 0. The lowest BCUT2D eigenvalue weighted by Crippen LogP contribution is -2.01. The average Bonchev–Trinajstić information content (AvgIpc) is 2.64. The monoisotopic (exact) mass is 280 g/mol. The standard InChI is InChI=1S/C13H13BrO2/c1-9-3-2-4-10(7-9)8-12(15)11-5-6-16-13(11)14/h2-7,12,15H,8H2,1H3. The zero-order valence-electron chi connectivity index (χ0n) is 8.98. The van der Waals surface area contributed by atoms with Crippen LogP contribution in [-0.2, 0) is 6.42 Å². The zero-order chi connectivity index (χ0) is 11.5. The van der Waals surface area contributed by atoms with Gasteiger partial charge < -0.3 is 9.52 Å². The molecule has 2 aromatic rings. The van der Waals surface area contributed by atoms with Gasteiger partial charge >= 0.3 is 0 Å². The van der Waals surface area contributed by atoms with Crippen molar-refractivity contribution in [3.8, 4) is 0 Å². The average molecular weight is 281 g/mol. The molecular weight excluding hydrogens is 268 g/mol. The van der Waals surface area contributed by atoms with Gasteiger partial charge in [0.1, 0.15) is 0 Å². The summed E-state index contributed by atoms with van der Waals surface area (Å²) in [6.07, 6.45) is 1.63. The molecule has 2 nitrogen and oxygen atoms in total. The fraction of sp³-hybridized carbons (Fsp3) is 0.231. The Kier molecular flexibility index (Phi) is 3.46. The number of benzene rings is 1. The minimum absolute atomic E-state index is 0.532. The third kappa shape index (κ3) is 2.54. The van der Waals surface area contributed by atoms with Crippen molar-refractivity contribution in [3.05, 3.63) is 58.0 Å². The minimum atomic E-state index is -0.532. The Morgan fingerprint density at radius 3 is 2.81 bits per heavy atom. The van der Waals surface area contributed by atoms with Crippen molar-refractivity contribution in [2.45, 2.75) is 19.4 Å². The van der Waals surface area contributed by atoms with E-state index in [0.717, 1.165) is 11.1 Å². The Hall–Kier alpha value is -1.06. The molecule has 1 atom stereocenters. The van der Waals surface area contributed by atoms with E-state index in [1.807, 2.05) is 25.1 Å². The zero-order valence-corrected chi connectivity index (χ0v) is 10.6. The summed E-state index contributed by atoms with van der Waals surface area (Å²) in [6, 6.07) is 9.93. The number of hydrogen-bond acceptors (Lipinski definition) is 2. The molecule has 0 aliphatic heterocycles. The number of hydrogen-bond donors (Lipinski definition) is 1. The highest BCUT2D eigenvalue weighted by atomic mass is 79.9. The van der Waals surface area contributed by atoms with Crippen molar-refractivity contribution in [3.63, 3.8) is 0 Å². The van der Waals surface area contributed by atoms with Gasteiger partial charge in [0.25, 0.3) is 0 Å². The van der Waals surface area contributed by atoms with E-state index >= 15 is 0 Å². The van der Waals surface area contributed by atoms with Crippen LogP contribution in [0.5, 0.6) is 0 Å². The number of halogens is 1. The first kappa shape index (κ1) is 11.4. The first-order valence-electron chi connectivity index (χ1n) is 5.13. The maximum Gasteiger partial charge on any atom is 0.174 e. The van der Waals surface area contributed by atoms with Crippen LogP contribution in [0.1, 0.15) is 22.8 Å². The Morgan fingerprint density at radius 1 is 1.38 bits per heavy atom. The highest BCUT2D eigenvalue weighted by Crippen LogP contribution is 2.27. The van der Waals surface area contributed by atoms with Gasteiger partial charge in [0, 0.05) is 12.0 Å². The van der Waals surface area contributed by atoms with Gasteiger partial charge in [-0.05, 0) is 34.5 Å². The summed E-state index contributed by atoms with van der Waals surface area (Å²) in [6.45, 7) is 2.05. The molecule has 1 unspecified atom stereocenters. The summed E-state index contributed by atoms with van der Waals surface area (Å²) in [4.78, 5) is 0. The molecule has 16 heavy (non-hydrogen) atoms. The van der Waals surface area contributed by atoms with Gasteiger partial charge in [-0.1, -0.05) is 29.8 Å². The predicted octanol–water partition coefficient (Wildman–Crippen LogP) is 3.63. The van der Waals surface area contributed by atoms with Crippen LogP contribution in [0, 0.1) is 6.92 Å². The van der Waals surface area contributed by atoms with E-state index < -0.39 is 6.10 Å². The number of aliphatic hydroxyl groups is 1. The summed E-state index contributed by atoms with van der Waals surface area (Å²) < 4.78 is 5.71. The second-order valence-corrected chi connectivity index (χ2v) is 4.58. The van der Waals surface area contributed by atoms with E-state index in [9.17, 15) is 5.11 Å². The molecule has 1 aromatic heterocycles. The Morgan fingerprint density at radius 2 is 2.19 bits per heavy atom. The lowest BCUT2D eigenvalue weighted by atomic mass is 10.0. The molecule has 1 aromatic carbocycles. The fourth-order valence-corrected chi connectivity index (χ4v) is 2.22. The summed E-state index contributed by atoms with van der Waals surface area (Å²) in [5, 5.41) is 10.0. The molecule has 0 amide bonds. The Balaban J connectivity index is 2.14. The van der Waals surface area contributed by atoms with Crippen molar-refractivity contribution < 1.29 is 9.52 Å². The van der Waals surface area contributed by atoms with Gasteiger partial charge in [-0.25, -0.2) is 0 Å². The highest BCUT2D eigenvalue weighted by Gasteiger charge is 2.14. The van der Waals surface area contributed by atoms with Gasteiger partial charge in [0.2, 0.25) is 0 Å². The van der Waals surface area contributed by atoms with E-state index in [2.05, 4.69) is 22.0 Å². The van der Waals surface area contributed by atoms with E-state index in [-0.39, 0.29) is 0 Å². The molecule has 1 heterocycles. The lowest BCUT2D eigenvalue weighted by Gasteiger charge is -2.09. The Bertz CT molecular complexity index is 476. The number of furan rings is 1. The maximum absolute atomic E-state index is 10.0. The minimum Gasteiger partial charge on any atom is -0.457 e. The van der Waals surface area contributed by atoms with Crippen molar-refractivity contribution >= 4 is 15.9 Å². The second-order valence-electron chi connectivity index (χ2n) is 3.86. The summed E-state index contributed by atoms with van der Waals surface area (Å²) in [7, 11) is 0. The van der Waals surface area contributed by atoms with E-state index in [0.29, 0.717) is 11.1 Å². The smallest absolute Gasteiger partial charge is 0.174 e. The van der Waals surface area contributed by atoms with Crippen LogP contribution in [0.15, 0.2) is 45.7 Å². The van der Waals surface area contributed by atoms with Gasteiger partial charge in [0.15, 0.2) is 4.67 Å². The van der Waals surface area contributed by atoms with Gasteiger partial charge in [-0.2, -0.15) is 0 Å². The SMILES string of the molecule is Cc1cccc(CC(O)c2ccoc2Br)c1. The molecule has 0 saturated heterocycles. The van der Waals surface area contributed by atoms with Crippen LogP contribution >= 0.6 is 15.9 Å². The molecule has 3 heteroatoms. The topological polar surface area (TPSA) is 33.4 Å². The van der Waals surface area contributed by atoms with Crippen LogP contribution in [0.3, 0.4) is 0 Å². The number of aryl methyl sites for hydroxylation is 1. The molecule has 0 fully saturated rings. The van der Waals surface area contributed by atoms with Crippen molar-refractivity contribution in [2.75, 3.05) is 0 Å². The number of aliphatic hydroxyl groups excluding tert-OH is 1. The first-order chi connectivity index (χ1) is 7.66. The van der Waals surface area contributed by atoms with Crippen LogP contribution in [0.2, 0.25) is 0 Å². The highest BCUT2D eigenvalue weighted by molar-refractivity contribution is 9.10. The predicted molar refractivity (Wildman–Crippen MR) is 66.3 cm³/mol.